The molecule has 0 bridgehead atoms. The standard InChI is InChI=1S/C27H34O7/c1-7-17(2)27(28)34-16-22-20(12-18-8-10-21(29-3)11-9-18)15-33-25(22)19-13-23(30-4)26(32-6)24(14-19)31-5/h7-11,13-14,20,22,25H,12,15-16H2,1-6H3/b17-7+/t20-,22-,25+/m0/s1. The molecule has 0 amide bonds. The maximum atomic E-state index is 12.4. The zero-order valence-electron chi connectivity index (χ0n) is 20.8. The lowest BCUT2D eigenvalue weighted by Crippen LogP contribution is -2.24. The highest BCUT2D eigenvalue weighted by atomic mass is 16.5. The van der Waals surface area contributed by atoms with E-state index in [1.54, 1.807) is 41.4 Å². The maximum Gasteiger partial charge on any atom is 0.333 e. The highest BCUT2D eigenvalue weighted by molar-refractivity contribution is 5.87. The van der Waals surface area contributed by atoms with Gasteiger partial charge in [0.05, 0.1) is 47.8 Å². The van der Waals surface area contributed by atoms with Crippen LogP contribution in [0.25, 0.3) is 0 Å². The molecule has 0 unspecified atom stereocenters. The summed E-state index contributed by atoms with van der Waals surface area (Å²) in [7, 11) is 6.39. The van der Waals surface area contributed by atoms with E-state index in [-0.39, 0.29) is 30.5 Å². The second kappa shape index (κ2) is 11.8. The summed E-state index contributed by atoms with van der Waals surface area (Å²) in [5.41, 5.74) is 2.63. The van der Waals surface area contributed by atoms with Crippen LogP contribution < -0.4 is 18.9 Å². The van der Waals surface area contributed by atoms with E-state index < -0.39 is 0 Å². The minimum Gasteiger partial charge on any atom is -0.497 e. The van der Waals surface area contributed by atoms with Crippen LogP contribution in [-0.2, 0) is 20.7 Å². The van der Waals surface area contributed by atoms with Crippen LogP contribution in [-0.4, -0.2) is 47.6 Å². The number of rotatable bonds is 10. The van der Waals surface area contributed by atoms with Crippen molar-refractivity contribution in [2.75, 3.05) is 41.7 Å². The Labute approximate surface area is 201 Å². The lowest BCUT2D eigenvalue weighted by atomic mass is 9.84. The van der Waals surface area contributed by atoms with Gasteiger partial charge in [0.1, 0.15) is 5.75 Å². The Morgan fingerprint density at radius 1 is 1.00 bits per heavy atom. The number of hydrogen-bond acceptors (Lipinski definition) is 7. The SMILES string of the molecule is C/C=C(\C)C(=O)OC[C@H]1[C@@H](Cc2ccc(OC)cc2)CO[C@@H]1c1cc(OC)c(OC)c(OC)c1. The zero-order valence-corrected chi connectivity index (χ0v) is 20.8. The van der Waals surface area contributed by atoms with Crippen LogP contribution in [0.5, 0.6) is 23.0 Å². The Balaban J connectivity index is 1.90. The number of benzene rings is 2. The molecule has 0 N–H and O–H groups in total. The van der Waals surface area contributed by atoms with Crippen molar-refractivity contribution >= 4 is 5.97 Å². The number of esters is 1. The van der Waals surface area contributed by atoms with Gasteiger partial charge in [0.25, 0.3) is 0 Å². The first-order chi connectivity index (χ1) is 16.4. The van der Waals surface area contributed by atoms with E-state index in [1.807, 2.05) is 31.2 Å². The molecule has 2 aromatic rings. The molecule has 0 saturated carbocycles. The van der Waals surface area contributed by atoms with E-state index in [9.17, 15) is 4.79 Å². The number of allylic oxidation sites excluding steroid dienone is 1. The summed E-state index contributed by atoms with van der Waals surface area (Å²) in [6.45, 7) is 4.35. The molecule has 0 aromatic heterocycles. The van der Waals surface area contributed by atoms with Crippen molar-refractivity contribution in [3.05, 3.63) is 59.2 Å². The first-order valence-corrected chi connectivity index (χ1v) is 11.3. The van der Waals surface area contributed by atoms with E-state index in [1.165, 1.54) is 5.56 Å². The quantitative estimate of drug-likeness (QED) is 0.366. The van der Waals surface area contributed by atoms with Crippen LogP contribution in [0.1, 0.15) is 31.1 Å². The van der Waals surface area contributed by atoms with Gasteiger partial charge in [-0.25, -0.2) is 4.79 Å². The summed E-state index contributed by atoms with van der Waals surface area (Å²) in [4.78, 5) is 12.4. The Hall–Kier alpha value is -3.19. The lowest BCUT2D eigenvalue weighted by molar-refractivity contribution is -0.141. The van der Waals surface area contributed by atoms with E-state index in [2.05, 4.69) is 12.1 Å². The first kappa shape index (κ1) is 25.4. The second-order valence-corrected chi connectivity index (χ2v) is 8.26. The molecule has 0 radical (unpaired) electrons. The molecule has 184 valence electrons. The van der Waals surface area contributed by atoms with Crippen LogP contribution >= 0.6 is 0 Å². The fourth-order valence-corrected chi connectivity index (χ4v) is 4.23. The Bertz CT molecular complexity index is 972. The number of hydrogen-bond donors (Lipinski definition) is 0. The van der Waals surface area contributed by atoms with Gasteiger partial charge in [0.2, 0.25) is 5.75 Å². The van der Waals surface area contributed by atoms with Gasteiger partial charge in [-0.15, -0.1) is 0 Å². The molecule has 7 heteroatoms. The van der Waals surface area contributed by atoms with Crippen molar-refractivity contribution < 1.29 is 33.2 Å². The maximum absolute atomic E-state index is 12.4. The average molecular weight is 471 g/mol. The summed E-state index contributed by atoms with van der Waals surface area (Å²) in [5, 5.41) is 0. The number of methoxy groups -OCH3 is 4. The van der Waals surface area contributed by atoms with E-state index in [0.717, 1.165) is 17.7 Å². The van der Waals surface area contributed by atoms with Crippen LogP contribution in [0.4, 0.5) is 0 Å². The van der Waals surface area contributed by atoms with Gasteiger partial charge < -0.3 is 28.4 Å². The Morgan fingerprint density at radius 3 is 2.18 bits per heavy atom. The minimum atomic E-state index is -0.318. The molecule has 3 rings (SSSR count). The van der Waals surface area contributed by atoms with Crippen LogP contribution in [0.15, 0.2) is 48.0 Å². The fourth-order valence-electron chi connectivity index (χ4n) is 4.23. The van der Waals surface area contributed by atoms with Gasteiger partial charge in [0.15, 0.2) is 11.5 Å². The average Bonchev–Trinajstić information content (AvgIpc) is 3.28. The molecule has 1 aliphatic heterocycles. The summed E-state index contributed by atoms with van der Waals surface area (Å²) in [6, 6.07) is 11.8. The molecule has 2 aromatic carbocycles. The molecular formula is C27H34O7. The van der Waals surface area contributed by atoms with E-state index in [0.29, 0.717) is 29.4 Å². The van der Waals surface area contributed by atoms with Gasteiger partial charge in [0, 0.05) is 11.5 Å². The Morgan fingerprint density at radius 2 is 1.65 bits per heavy atom. The van der Waals surface area contributed by atoms with Crippen molar-refractivity contribution in [2.24, 2.45) is 11.8 Å². The number of carbonyl (C=O) groups is 1. The third kappa shape index (κ3) is 5.65. The van der Waals surface area contributed by atoms with Gasteiger partial charge in [-0.3, -0.25) is 0 Å². The normalized spacial score (nSPS) is 20.1. The molecule has 1 aliphatic rings. The van der Waals surface area contributed by atoms with Crippen molar-refractivity contribution in [3.63, 3.8) is 0 Å². The van der Waals surface area contributed by atoms with Crippen LogP contribution in [0.3, 0.4) is 0 Å². The molecule has 3 atom stereocenters. The van der Waals surface area contributed by atoms with Gasteiger partial charge in [-0.1, -0.05) is 18.2 Å². The van der Waals surface area contributed by atoms with Gasteiger partial charge in [-0.2, -0.15) is 0 Å². The number of carbonyl (C=O) groups excluding carboxylic acids is 1. The highest BCUT2D eigenvalue weighted by Crippen LogP contribution is 2.46. The predicted molar refractivity (Wildman–Crippen MR) is 129 cm³/mol. The molecule has 1 heterocycles. The van der Waals surface area contributed by atoms with Crippen molar-refractivity contribution in [2.45, 2.75) is 26.4 Å². The van der Waals surface area contributed by atoms with E-state index in [4.69, 9.17) is 28.4 Å². The molecule has 1 saturated heterocycles. The summed E-state index contributed by atoms with van der Waals surface area (Å²) in [6.07, 6.45) is 2.24. The summed E-state index contributed by atoms with van der Waals surface area (Å²) < 4.78 is 33.8. The zero-order chi connectivity index (χ0) is 24.7. The minimum absolute atomic E-state index is 0.0569. The van der Waals surface area contributed by atoms with E-state index >= 15 is 0 Å². The summed E-state index contributed by atoms with van der Waals surface area (Å²) in [5.74, 6) is 2.22. The van der Waals surface area contributed by atoms with Crippen LogP contribution in [0, 0.1) is 11.8 Å². The number of ether oxygens (including phenoxy) is 6. The fraction of sp³-hybridized carbons (Fsp3) is 0.444. The monoisotopic (exact) mass is 470 g/mol. The molecule has 1 fully saturated rings. The van der Waals surface area contributed by atoms with Crippen molar-refractivity contribution in [1.29, 1.82) is 0 Å². The highest BCUT2D eigenvalue weighted by Gasteiger charge is 2.40. The van der Waals surface area contributed by atoms with Gasteiger partial charge >= 0.3 is 5.97 Å². The molecule has 0 spiro atoms. The van der Waals surface area contributed by atoms with Crippen LogP contribution in [0.2, 0.25) is 0 Å². The molecule has 34 heavy (non-hydrogen) atoms. The smallest absolute Gasteiger partial charge is 0.333 e. The predicted octanol–water partition coefficient (Wildman–Crippen LogP) is 4.78. The lowest BCUT2D eigenvalue weighted by Gasteiger charge is -2.24. The van der Waals surface area contributed by atoms with Gasteiger partial charge in [-0.05, 0) is 61.6 Å². The largest absolute Gasteiger partial charge is 0.497 e. The molecule has 0 aliphatic carbocycles. The van der Waals surface area contributed by atoms with Crippen molar-refractivity contribution in [1.82, 2.24) is 0 Å². The molecular weight excluding hydrogens is 436 g/mol. The summed E-state index contributed by atoms with van der Waals surface area (Å²) >= 11 is 0. The third-order valence-corrected chi connectivity index (χ3v) is 6.32. The second-order valence-electron chi connectivity index (χ2n) is 8.26. The topological polar surface area (TPSA) is 72.5 Å². The third-order valence-electron chi connectivity index (χ3n) is 6.32. The van der Waals surface area contributed by atoms with Crippen molar-refractivity contribution in [3.8, 4) is 23.0 Å². The first-order valence-electron chi connectivity index (χ1n) is 11.3. The molecule has 7 nitrogen and oxygen atoms in total. The Kier molecular flexibility index (Phi) is 8.82.